The Morgan fingerprint density at radius 2 is 1.97 bits per heavy atom. The van der Waals surface area contributed by atoms with Gasteiger partial charge in [-0.25, -0.2) is 4.98 Å². The fraction of sp³-hybridized carbons (Fsp3) is 0.440. The van der Waals surface area contributed by atoms with Crippen LogP contribution in [0, 0.1) is 13.8 Å². The highest BCUT2D eigenvalue weighted by Crippen LogP contribution is 2.37. The molecule has 2 fully saturated rings. The lowest BCUT2D eigenvalue weighted by atomic mass is 10.1. The first-order valence-electron chi connectivity index (χ1n) is 11.0. The molecule has 30 heavy (non-hydrogen) atoms. The van der Waals surface area contributed by atoms with E-state index in [9.17, 15) is 4.79 Å². The van der Waals surface area contributed by atoms with Gasteiger partial charge < -0.3 is 14.2 Å². The molecule has 5 heteroatoms. The van der Waals surface area contributed by atoms with Crippen LogP contribution in [0.3, 0.4) is 0 Å². The van der Waals surface area contributed by atoms with Gasteiger partial charge in [0.15, 0.2) is 0 Å². The first-order chi connectivity index (χ1) is 14.6. The summed E-state index contributed by atoms with van der Waals surface area (Å²) in [6, 6.07) is 15.1. The Labute approximate surface area is 177 Å². The van der Waals surface area contributed by atoms with E-state index in [-0.39, 0.29) is 5.92 Å². The molecule has 5 nitrogen and oxygen atoms in total. The number of para-hydroxylation sites is 2. The van der Waals surface area contributed by atoms with Crippen LogP contribution in [-0.2, 0) is 11.3 Å². The van der Waals surface area contributed by atoms with Crippen LogP contribution in [-0.4, -0.2) is 39.6 Å². The van der Waals surface area contributed by atoms with Crippen LogP contribution in [0.25, 0.3) is 11.0 Å². The van der Waals surface area contributed by atoms with Crippen LogP contribution in [0.5, 0.6) is 5.75 Å². The minimum Gasteiger partial charge on any atom is -0.493 e. The smallest absolute Gasteiger partial charge is 0.223 e. The first-order valence-corrected chi connectivity index (χ1v) is 11.0. The minimum atomic E-state index is 0.186. The Morgan fingerprint density at radius 1 is 1.13 bits per heavy atom. The molecule has 0 radical (unpaired) electrons. The largest absolute Gasteiger partial charge is 0.493 e. The van der Waals surface area contributed by atoms with Gasteiger partial charge in [0, 0.05) is 31.5 Å². The van der Waals surface area contributed by atoms with Gasteiger partial charge in [0.05, 0.1) is 17.6 Å². The molecule has 1 aromatic heterocycles. The van der Waals surface area contributed by atoms with Crippen molar-refractivity contribution in [1.29, 1.82) is 0 Å². The summed E-state index contributed by atoms with van der Waals surface area (Å²) in [5, 5.41) is 0. The number of aryl methyl sites for hydroxylation is 3. The maximum atomic E-state index is 12.5. The number of benzene rings is 2. The predicted molar refractivity (Wildman–Crippen MR) is 118 cm³/mol. The number of nitrogens with zero attached hydrogens (tertiary/aromatic N) is 3. The molecule has 1 unspecified atom stereocenters. The van der Waals surface area contributed by atoms with E-state index in [2.05, 4.69) is 59.7 Å². The number of rotatable bonds is 7. The first kappa shape index (κ1) is 19.2. The zero-order chi connectivity index (χ0) is 20.7. The second-order valence-electron chi connectivity index (χ2n) is 8.76. The molecule has 1 saturated heterocycles. The van der Waals surface area contributed by atoms with Gasteiger partial charge in [-0.1, -0.05) is 29.8 Å². The number of hydrogen-bond acceptors (Lipinski definition) is 3. The number of likely N-dealkylation sites (tertiary alicyclic amines) is 1. The Balaban J connectivity index is 1.32. The highest BCUT2D eigenvalue weighted by atomic mass is 16.5. The van der Waals surface area contributed by atoms with Crippen molar-refractivity contribution < 1.29 is 9.53 Å². The summed E-state index contributed by atoms with van der Waals surface area (Å²) in [4.78, 5) is 19.5. The number of fused-ring (bicyclic) bond motifs is 1. The molecular formula is C25H29N3O2. The zero-order valence-electron chi connectivity index (χ0n) is 17.8. The summed E-state index contributed by atoms with van der Waals surface area (Å²) in [6.45, 7) is 6.50. The van der Waals surface area contributed by atoms with Crippen LogP contribution in [0.1, 0.15) is 48.6 Å². The third kappa shape index (κ3) is 3.69. The Hall–Kier alpha value is -2.82. The van der Waals surface area contributed by atoms with Crippen LogP contribution < -0.4 is 4.74 Å². The van der Waals surface area contributed by atoms with Gasteiger partial charge in [-0.05, 0) is 56.9 Å². The molecule has 2 heterocycles. The third-order valence-corrected chi connectivity index (χ3v) is 6.31. The van der Waals surface area contributed by atoms with E-state index in [1.54, 1.807) is 0 Å². The fourth-order valence-corrected chi connectivity index (χ4v) is 4.65. The Bertz CT molecular complexity index is 1080. The standard InChI is InChI=1S/C25H29N3O2/c1-17-8-11-23(18(2)14-17)30-13-5-12-27-22-7-4-3-6-21(22)26-25(27)19-15-24(29)28(16-19)20-9-10-20/h3-4,6-8,11,14,19-20H,5,9-10,12-13,15-16H2,1-2H3. The highest BCUT2D eigenvalue weighted by Gasteiger charge is 2.41. The lowest BCUT2D eigenvalue weighted by Gasteiger charge is -2.17. The molecule has 5 rings (SSSR count). The SMILES string of the molecule is Cc1ccc(OCCCn2c(C3CC(=O)N(C4CC4)C3)nc3ccccc32)c(C)c1. The quantitative estimate of drug-likeness (QED) is 0.542. The summed E-state index contributed by atoms with van der Waals surface area (Å²) >= 11 is 0. The summed E-state index contributed by atoms with van der Waals surface area (Å²) in [7, 11) is 0. The van der Waals surface area contributed by atoms with Gasteiger partial charge in [-0.2, -0.15) is 0 Å². The van der Waals surface area contributed by atoms with E-state index in [0.717, 1.165) is 55.0 Å². The van der Waals surface area contributed by atoms with E-state index in [4.69, 9.17) is 9.72 Å². The summed E-state index contributed by atoms with van der Waals surface area (Å²) in [5.41, 5.74) is 4.59. The van der Waals surface area contributed by atoms with Gasteiger partial charge in [-0.15, -0.1) is 0 Å². The van der Waals surface area contributed by atoms with Crippen LogP contribution in [0.2, 0.25) is 0 Å². The van der Waals surface area contributed by atoms with Gasteiger partial charge in [-0.3, -0.25) is 4.79 Å². The molecular weight excluding hydrogens is 374 g/mol. The molecule has 1 aliphatic carbocycles. The lowest BCUT2D eigenvalue weighted by Crippen LogP contribution is -2.27. The van der Waals surface area contributed by atoms with Crippen LogP contribution in [0.4, 0.5) is 0 Å². The number of ether oxygens (including phenoxy) is 1. The highest BCUT2D eigenvalue weighted by molar-refractivity contribution is 5.81. The number of imidazole rings is 1. The van der Waals surface area contributed by atoms with Crippen molar-refractivity contribution in [3.8, 4) is 5.75 Å². The third-order valence-electron chi connectivity index (χ3n) is 6.31. The van der Waals surface area contributed by atoms with Crippen molar-refractivity contribution in [2.24, 2.45) is 0 Å². The van der Waals surface area contributed by atoms with Crippen molar-refractivity contribution >= 4 is 16.9 Å². The zero-order valence-corrected chi connectivity index (χ0v) is 17.8. The van der Waals surface area contributed by atoms with E-state index < -0.39 is 0 Å². The van der Waals surface area contributed by atoms with Gasteiger partial charge in [0.1, 0.15) is 11.6 Å². The van der Waals surface area contributed by atoms with Crippen LogP contribution >= 0.6 is 0 Å². The van der Waals surface area contributed by atoms with E-state index in [0.29, 0.717) is 25.0 Å². The molecule has 156 valence electrons. The molecule has 1 amide bonds. The van der Waals surface area contributed by atoms with E-state index in [1.165, 1.54) is 11.1 Å². The Kier molecular flexibility index (Phi) is 4.97. The second kappa shape index (κ2) is 7.78. The molecule has 1 atom stereocenters. The summed E-state index contributed by atoms with van der Waals surface area (Å²) in [5.74, 6) is 2.49. The fourth-order valence-electron chi connectivity index (χ4n) is 4.65. The number of amides is 1. The predicted octanol–water partition coefficient (Wildman–Crippen LogP) is 4.60. The minimum absolute atomic E-state index is 0.186. The molecule has 2 aromatic carbocycles. The molecule has 1 aliphatic heterocycles. The van der Waals surface area contributed by atoms with E-state index in [1.807, 2.05) is 6.07 Å². The second-order valence-corrected chi connectivity index (χ2v) is 8.76. The Morgan fingerprint density at radius 3 is 2.77 bits per heavy atom. The molecule has 3 aromatic rings. The normalized spacial score (nSPS) is 19.1. The monoisotopic (exact) mass is 403 g/mol. The molecule has 0 bridgehead atoms. The molecule has 0 spiro atoms. The van der Waals surface area contributed by atoms with Crippen molar-refractivity contribution in [2.75, 3.05) is 13.2 Å². The molecule has 2 aliphatic rings. The van der Waals surface area contributed by atoms with Crippen LogP contribution in [0.15, 0.2) is 42.5 Å². The number of aromatic nitrogens is 2. The summed E-state index contributed by atoms with van der Waals surface area (Å²) < 4.78 is 8.36. The average Bonchev–Trinajstić information content (AvgIpc) is 3.40. The number of hydrogen-bond donors (Lipinski definition) is 0. The maximum absolute atomic E-state index is 12.5. The number of carbonyl (C=O) groups is 1. The summed E-state index contributed by atoms with van der Waals surface area (Å²) in [6.07, 6.45) is 3.79. The molecule has 0 N–H and O–H groups in total. The topological polar surface area (TPSA) is 47.4 Å². The van der Waals surface area contributed by atoms with Gasteiger partial charge in [0.2, 0.25) is 5.91 Å². The number of carbonyl (C=O) groups excluding carboxylic acids is 1. The van der Waals surface area contributed by atoms with Crippen molar-refractivity contribution in [1.82, 2.24) is 14.5 Å². The van der Waals surface area contributed by atoms with Gasteiger partial charge in [0.25, 0.3) is 0 Å². The van der Waals surface area contributed by atoms with Gasteiger partial charge >= 0.3 is 0 Å². The maximum Gasteiger partial charge on any atom is 0.223 e. The van der Waals surface area contributed by atoms with E-state index >= 15 is 0 Å². The molecule has 1 saturated carbocycles. The van der Waals surface area contributed by atoms with Crippen molar-refractivity contribution in [3.05, 3.63) is 59.4 Å². The average molecular weight is 404 g/mol. The van der Waals surface area contributed by atoms with Crippen molar-refractivity contribution in [2.45, 2.75) is 58.0 Å². The van der Waals surface area contributed by atoms with Crippen molar-refractivity contribution in [3.63, 3.8) is 0 Å². The lowest BCUT2D eigenvalue weighted by molar-refractivity contribution is -0.128.